The van der Waals surface area contributed by atoms with E-state index in [-0.39, 0.29) is 5.91 Å². The maximum absolute atomic E-state index is 11.7. The standard InChI is InChI=1S/C17H25ClN4O/c18-14-3-1-4-15(13-14)22-11-9-21(10-12-22)8-2-7-20-16(23)17(19)5-6-17/h1,3-4,13H,2,5-12,19H2,(H,20,23). The monoisotopic (exact) mass is 336 g/mol. The Morgan fingerprint density at radius 2 is 2.00 bits per heavy atom. The van der Waals surface area contributed by atoms with E-state index in [1.54, 1.807) is 0 Å². The van der Waals surface area contributed by atoms with Gasteiger partial charge in [0, 0.05) is 43.4 Å². The molecule has 1 saturated carbocycles. The minimum absolute atomic E-state index is 0.0169. The van der Waals surface area contributed by atoms with Gasteiger partial charge in [-0.1, -0.05) is 17.7 Å². The highest BCUT2D eigenvalue weighted by Crippen LogP contribution is 2.31. The summed E-state index contributed by atoms with van der Waals surface area (Å²) in [6.07, 6.45) is 2.62. The third-order valence-corrected chi connectivity index (χ3v) is 4.96. The number of anilines is 1. The molecule has 1 saturated heterocycles. The summed E-state index contributed by atoms with van der Waals surface area (Å²) < 4.78 is 0. The normalized spacial score (nSPS) is 20.3. The van der Waals surface area contributed by atoms with Crippen LogP contribution < -0.4 is 16.0 Å². The van der Waals surface area contributed by atoms with Crippen LogP contribution in [-0.2, 0) is 4.79 Å². The first-order chi connectivity index (χ1) is 11.1. The lowest BCUT2D eigenvalue weighted by Gasteiger charge is -2.36. The molecule has 126 valence electrons. The molecule has 2 aliphatic rings. The van der Waals surface area contributed by atoms with Crippen molar-refractivity contribution >= 4 is 23.2 Å². The lowest BCUT2D eigenvalue weighted by molar-refractivity contribution is -0.123. The Labute approximate surface area is 142 Å². The van der Waals surface area contributed by atoms with Gasteiger partial charge in [-0.25, -0.2) is 0 Å². The molecule has 1 amide bonds. The summed E-state index contributed by atoms with van der Waals surface area (Å²) in [5.41, 5.74) is 6.50. The van der Waals surface area contributed by atoms with Crippen molar-refractivity contribution in [1.82, 2.24) is 10.2 Å². The number of carbonyl (C=O) groups excluding carboxylic acids is 1. The molecule has 5 nitrogen and oxygen atoms in total. The van der Waals surface area contributed by atoms with Crippen molar-refractivity contribution < 1.29 is 4.79 Å². The molecule has 0 atom stereocenters. The van der Waals surface area contributed by atoms with E-state index in [1.165, 1.54) is 5.69 Å². The van der Waals surface area contributed by atoms with E-state index in [0.717, 1.165) is 57.0 Å². The molecule has 3 N–H and O–H groups in total. The first kappa shape index (κ1) is 16.6. The van der Waals surface area contributed by atoms with E-state index in [9.17, 15) is 4.79 Å². The lowest BCUT2D eigenvalue weighted by Crippen LogP contribution is -2.47. The number of hydrogen-bond donors (Lipinski definition) is 2. The van der Waals surface area contributed by atoms with Gasteiger partial charge in [0.1, 0.15) is 0 Å². The summed E-state index contributed by atoms with van der Waals surface area (Å²) in [5.74, 6) is 0.0169. The predicted octanol–water partition coefficient (Wildman–Crippen LogP) is 1.46. The number of benzene rings is 1. The Hall–Kier alpha value is -1.30. The fourth-order valence-electron chi connectivity index (χ4n) is 2.94. The second-order valence-electron chi connectivity index (χ2n) is 6.57. The number of hydrogen-bond acceptors (Lipinski definition) is 4. The van der Waals surface area contributed by atoms with Crippen LogP contribution in [0.3, 0.4) is 0 Å². The molecule has 1 aliphatic heterocycles. The maximum Gasteiger partial charge on any atom is 0.240 e. The van der Waals surface area contributed by atoms with Crippen molar-refractivity contribution in [3.8, 4) is 0 Å². The van der Waals surface area contributed by atoms with E-state index in [4.69, 9.17) is 17.3 Å². The zero-order valence-electron chi connectivity index (χ0n) is 13.4. The number of halogens is 1. The van der Waals surface area contributed by atoms with E-state index < -0.39 is 5.54 Å². The minimum atomic E-state index is -0.553. The summed E-state index contributed by atoms with van der Waals surface area (Å²) in [7, 11) is 0. The van der Waals surface area contributed by atoms with Crippen molar-refractivity contribution in [2.75, 3.05) is 44.2 Å². The SMILES string of the molecule is NC1(C(=O)NCCCN2CCN(c3cccc(Cl)c3)CC2)CC1. The molecule has 0 aromatic heterocycles. The van der Waals surface area contributed by atoms with Gasteiger partial charge in [0.25, 0.3) is 0 Å². The van der Waals surface area contributed by atoms with Crippen LogP contribution in [0.25, 0.3) is 0 Å². The minimum Gasteiger partial charge on any atom is -0.369 e. The molecule has 0 bridgehead atoms. The van der Waals surface area contributed by atoms with Crippen LogP contribution in [0, 0.1) is 0 Å². The molecule has 1 aliphatic carbocycles. The van der Waals surface area contributed by atoms with Crippen molar-refractivity contribution in [3.63, 3.8) is 0 Å². The zero-order valence-corrected chi connectivity index (χ0v) is 14.2. The maximum atomic E-state index is 11.7. The predicted molar refractivity (Wildman–Crippen MR) is 93.9 cm³/mol. The van der Waals surface area contributed by atoms with Gasteiger partial charge in [-0.05, 0) is 44.0 Å². The van der Waals surface area contributed by atoms with Crippen LogP contribution >= 0.6 is 11.6 Å². The van der Waals surface area contributed by atoms with E-state index in [0.29, 0.717) is 6.54 Å². The Balaban J connectivity index is 1.34. The highest BCUT2D eigenvalue weighted by molar-refractivity contribution is 6.30. The van der Waals surface area contributed by atoms with E-state index in [1.807, 2.05) is 18.2 Å². The van der Waals surface area contributed by atoms with Crippen LogP contribution in [-0.4, -0.2) is 55.6 Å². The Bertz CT molecular complexity index is 553. The van der Waals surface area contributed by atoms with Crippen molar-refractivity contribution in [2.24, 2.45) is 5.73 Å². The summed E-state index contributed by atoms with van der Waals surface area (Å²) in [5, 5.41) is 3.74. The number of amides is 1. The third-order valence-electron chi connectivity index (χ3n) is 4.72. The number of carbonyl (C=O) groups is 1. The molecular formula is C17H25ClN4O. The van der Waals surface area contributed by atoms with Crippen LogP contribution in [0.5, 0.6) is 0 Å². The fourth-order valence-corrected chi connectivity index (χ4v) is 3.13. The van der Waals surface area contributed by atoms with Crippen LogP contribution in [0.2, 0.25) is 5.02 Å². The molecule has 0 spiro atoms. The molecule has 0 radical (unpaired) electrons. The molecule has 3 rings (SSSR count). The summed E-state index contributed by atoms with van der Waals surface area (Å²) >= 11 is 6.06. The summed E-state index contributed by atoms with van der Waals surface area (Å²) in [4.78, 5) is 16.6. The Morgan fingerprint density at radius 1 is 1.26 bits per heavy atom. The van der Waals surface area contributed by atoms with Gasteiger partial charge in [0.05, 0.1) is 5.54 Å². The quantitative estimate of drug-likeness (QED) is 0.772. The molecule has 1 aromatic rings. The molecule has 1 heterocycles. The number of nitrogens with two attached hydrogens (primary N) is 1. The van der Waals surface area contributed by atoms with Crippen molar-refractivity contribution in [2.45, 2.75) is 24.8 Å². The van der Waals surface area contributed by atoms with E-state index >= 15 is 0 Å². The van der Waals surface area contributed by atoms with Crippen molar-refractivity contribution in [1.29, 1.82) is 0 Å². The third kappa shape index (κ3) is 4.37. The number of piperazine rings is 1. The number of rotatable bonds is 6. The first-order valence-corrected chi connectivity index (χ1v) is 8.75. The average molecular weight is 337 g/mol. The summed E-state index contributed by atoms with van der Waals surface area (Å²) in [6.45, 7) is 5.84. The fraction of sp³-hybridized carbons (Fsp3) is 0.588. The van der Waals surface area contributed by atoms with Crippen LogP contribution in [0.1, 0.15) is 19.3 Å². The molecule has 1 aromatic carbocycles. The molecule has 23 heavy (non-hydrogen) atoms. The highest BCUT2D eigenvalue weighted by Gasteiger charge is 2.45. The Kier molecular flexibility index (Phi) is 5.09. The highest BCUT2D eigenvalue weighted by atomic mass is 35.5. The topological polar surface area (TPSA) is 61.6 Å². The van der Waals surface area contributed by atoms with Gasteiger partial charge in [0.15, 0.2) is 0 Å². The van der Waals surface area contributed by atoms with Gasteiger partial charge in [-0.15, -0.1) is 0 Å². The van der Waals surface area contributed by atoms with Gasteiger partial charge in [-0.3, -0.25) is 9.69 Å². The zero-order chi connectivity index (χ0) is 16.3. The van der Waals surface area contributed by atoms with Crippen LogP contribution in [0.4, 0.5) is 5.69 Å². The first-order valence-electron chi connectivity index (χ1n) is 8.37. The molecule has 6 heteroatoms. The molecular weight excluding hydrogens is 312 g/mol. The Morgan fingerprint density at radius 3 is 2.65 bits per heavy atom. The van der Waals surface area contributed by atoms with Crippen LogP contribution in [0.15, 0.2) is 24.3 Å². The van der Waals surface area contributed by atoms with Gasteiger partial charge in [0.2, 0.25) is 5.91 Å². The second-order valence-corrected chi connectivity index (χ2v) is 7.01. The molecule has 2 fully saturated rings. The van der Waals surface area contributed by atoms with Gasteiger partial charge < -0.3 is 16.0 Å². The number of nitrogens with zero attached hydrogens (tertiary/aromatic N) is 2. The van der Waals surface area contributed by atoms with Gasteiger partial charge >= 0.3 is 0 Å². The second kappa shape index (κ2) is 7.07. The largest absolute Gasteiger partial charge is 0.369 e. The summed E-state index contributed by atoms with van der Waals surface area (Å²) in [6, 6.07) is 8.03. The van der Waals surface area contributed by atoms with E-state index in [2.05, 4.69) is 21.2 Å². The average Bonchev–Trinajstić information content (AvgIpc) is 3.31. The van der Waals surface area contributed by atoms with Crippen molar-refractivity contribution in [3.05, 3.63) is 29.3 Å². The number of nitrogens with one attached hydrogen (secondary N) is 1. The lowest BCUT2D eigenvalue weighted by atomic mass is 10.2. The molecule has 0 unspecified atom stereocenters. The van der Waals surface area contributed by atoms with Gasteiger partial charge in [-0.2, -0.15) is 0 Å². The smallest absolute Gasteiger partial charge is 0.240 e.